The molecule has 4 rings (SSSR count). The van der Waals surface area contributed by atoms with E-state index in [0.717, 1.165) is 5.69 Å². The first-order valence-electron chi connectivity index (χ1n) is 9.16. The average Bonchev–Trinajstić information content (AvgIpc) is 3.16. The van der Waals surface area contributed by atoms with Gasteiger partial charge in [0.1, 0.15) is 12.4 Å². The number of fused-ring (bicyclic) bond motifs is 1. The summed E-state index contributed by atoms with van der Waals surface area (Å²) in [7, 11) is 2.43. The second-order valence-corrected chi connectivity index (χ2v) is 7.41. The van der Waals surface area contributed by atoms with Gasteiger partial charge in [-0.25, -0.2) is 14.1 Å². The Labute approximate surface area is 180 Å². The monoisotopic (exact) mass is 442 g/mol. The highest BCUT2D eigenvalue weighted by Gasteiger charge is 2.33. The molecule has 1 aromatic carbocycles. The van der Waals surface area contributed by atoms with Crippen LogP contribution in [-0.4, -0.2) is 54.1 Å². The van der Waals surface area contributed by atoms with Gasteiger partial charge in [0.15, 0.2) is 5.69 Å². The number of ether oxygens (including phenoxy) is 3. The number of aromatic nitrogens is 3. The smallest absolute Gasteiger partial charge is 0.355 e. The molecular formula is C20H18N4O6S. The predicted molar refractivity (Wildman–Crippen MR) is 112 cm³/mol. The highest BCUT2D eigenvalue weighted by Crippen LogP contribution is 2.33. The number of carbonyl (C=O) groups is 2. The van der Waals surface area contributed by atoms with E-state index in [-0.39, 0.29) is 30.3 Å². The van der Waals surface area contributed by atoms with Crippen LogP contribution in [0, 0.1) is 6.92 Å². The molecule has 11 heteroatoms. The Balaban J connectivity index is 1.94. The van der Waals surface area contributed by atoms with Crippen LogP contribution in [0.15, 0.2) is 45.7 Å². The van der Waals surface area contributed by atoms with Gasteiger partial charge in [0.25, 0.3) is 0 Å². The fourth-order valence-electron chi connectivity index (χ4n) is 3.28. The van der Waals surface area contributed by atoms with E-state index >= 15 is 0 Å². The van der Waals surface area contributed by atoms with E-state index in [2.05, 4.69) is 10.1 Å². The van der Waals surface area contributed by atoms with Gasteiger partial charge in [-0.2, -0.15) is 10.1 Å². The number of thiazole rings is 1. The quantitative estimate of drug-likeness (QED) is 0.555. The molecule has 0 atom stereocenters. The van der Waals surface area contributed by atoms with Crippen LogP contribution in [0.5, 0.6) is 0 Å². The Hall–Kier alpha value is -3.57. The molecule has 0 saturated heterocycles. The summed E-state index contributed by atoms with van der Waals surface area (Å²) in [6, 6.07) is 6.86. The highest BCUT2D eigenvalue weighted by molar-refractivity contribution is 7.15. The number of benzene rings is 1. The number of aryl methyl sites for hydroxylation is 1. The number of methoxy groups -OCH3 is 2. The topological polar surface area (TPSA) is 112 Å². The van der Waals surface area contributed by atoms with Crippen LogP contribution in [0.2, 0.25) is 0 Å². The number of esters is 2. The van der Waals surface area contributed by atoms with Gasteiger partial charge in [0.05, 0.1) is 37.8 Å². The summed E-state index contributed by atoms with van der Waals surface area (Å²) in [6.07, 6.45) is 0. The normalized spacial score (nSPS) is 14.1. The maximum absolute atomic E-state index is 12.8. The van der Waals surface area contributed by atoms with E-state index in [0.29, 0.717) is 16.2 Å². The molecule has 160 valence electrons. The molecule has 1 aliphatic rings. The first kappa shape index (κ1) is 20.7. The maximum Gasteiger partial charge on any atom is 0.355 e. The number of rotatable bonds is 4. The largest absolute Gasteiger partial charge is 0.466 e. The van der Waals surface area contributed by atoms with Crippen LogP contribution in [-0.2, 0) is 23.8 Å². The fourth-order valence-corrected chi connectivity index (χ4v) is 4.07. The Kier molecular flexibility index (Phi) is 5.53. The lowest BCUT2D eigenvalue weighted by atomic mass is 10.1. The van der Waals surface area contributed by atoms with E-state index in [1.165, 1.54) is 30.5 Å². The van der Waals surface area contributed by atoms with Crippen LogP contribution < -0.4 is 10.5 Å². The predicted octanol–water partition coefficient (Wildman–Crippen LogP) is 1.52. The van der Waals surface area contributed by atoms with Gasteiger partial charge in [0.2, 0.25) is 4.96 Å². The Bertz CT molecular complexity index is 1280. The summed E-state index contributed by atoms with van der Waals surface area (Å²) < 4.78 is 16.8. The van der Waals surface area contributed by atoms with Crippen molar-refractivity contribution in [2.24, 2.45) is 0 Å². The number of nitrogens with zero attached hydrogens (tertiary/aromatic N) is 4. The summed E-state index contributed by atoms with van der Waals surface area (Å²) in [6.45, 7) is 1.70. The molecule has 2 aromatic heterocycles. The molecular weight excluding hydrogens is 424 g/mol. The van der Waals surface area contributed by atoms with Gasteiger partial charge in [-0.05, 0) is 13.0 Å². The van der Waals surface area contributed by atoms with Crippen molar-refractivity contribution in [1.29, 1.82) is 0 Å². The standard InChI is InChI=1S/C20H18N4O6S/c1-11-9-31-20-21-17(25)15(22-24(11)20)12-6-4-5-7-14(12)23-10-30-8-13(18(26)28-2)16(23)19(27)29-3/h4-7,9H,8,10H2,1-3H3. The zero-order valence-corrected chi connectivity index (χ0v) is 17.8. The van der Waals surface area contributed by atoms with Crippen molar-refractivity contribution in [1.82, 2.24) is 14.6 Å². The third-order valence-corrected chi connectivity index (χ3v) is 5.67. The third kappa shape index (κ3) is 3.57. The minimum atomic E-state index is -0.731. The summed E-state index contributed by atoms with van der Waals surface area (Å²) in [5.74, 6) is -1.44. The van der Waals surface area contributed by atoms with E-state index in [4.69, 9.17) is 14.2 Å². The Morgan fingerprint density at radius 2 is 1.90 bits per heavy atom. The Morgan fingerprint density at radius 3 is 2.65 bits per heavy atom. The number of anilines is 1. The van der Waals surface area contributed by atoms with Crippen molar-refractivity contribution in [3.8, 4) is 11.3 Å². The minimum absolute atomic E-state index is 0.0161. The van der Waals surface area contributed by atoms with E-state index in [1.54, 1.807) is 28.8 Å². The average molecular weight is 442 g/mol. The molecule has 0 fully saturated rings. The van der Waals surface area contributed by atoms with Crippen LogP contribution >= 0.6 is 11.3 Å². The van der Waals surface area contributed by atoms with Crippen LogP contribution in [0.3, 0.4) is 0 Å². The lowest BCUT2D eigenvalue weighted by molar-refractivity contribution is -0.140. The lowest BCUT2D eigenvalue weighted by Gasteiger charge is -2.32. The molecule has 0 spiro atoms. The molecule has 1 aliphatic heterocycles. The van der Waals surface area contributed by atoms with E-state index in [1.807, 2.05) is 12.3 Å². The number of carbonyl (C=O) groups excluding carboxylic acids is 2. The van der Waals surface area contributed by atoms with Gasteiger partial charge in [-0.1, -0.05) is 18.2 Å². The molecule has 10 nitrogen and oxygen atoms in total. The molecule has 0 aliphatic carbocycles. The molecule has 0 N–H and O–H groups in total. The van der Waals surface area contributed by atoms with E-state index < -0.39 is 17.5 Å². The van der Waals surface area contributed by atoms with Crippen molar-refractivity contribution >= 4 is 33.9 Å². The molecule has 0 amide bonds. The first-order valence-corrected chi connectivity index (χ1v) is 10.0. The minimum Gasteiger partial charge on any atom is -0.466 e. The van der Waals surface area contributed by atoms with Crippen LogP contribution in [0.1, 0.15) is 5.69 Å². The second-order valence-electron chi connectivity index (χ2n) is 6.57. The molecule has 3 heterocycles. The SMILES string of the molecule is COC(=O)C1=C(C(=O)OC)N(c2ccccc2-c2nn3c(C)csc3nc2=O)COC1. The van der Waals surface area contributed by atoms with Gasteiger partial charge < -0.3 is 19.1 Å². The van der Waals surface area contributed by atoms with Crippen LogP contribution in [0.4, 0.5) is 5.69 Å². The van der Waals surface area contributed by atoms with Gasteiger partial charge in [-0.3, -0.25) is 4.79 Å². The van der Waals surface area contributed by atoms with Crippen molar-refractivity contribution in [3.63, 3.8) is 0 Å². The number of para-hydroxylation sites is 1. The summed E-state index contributed by atoms with van der Waals surface area (Å²) in [4.78, 5) is 43.7. The van der Waals surface area contributed by atoms with Crippen molar-refractivity contribution in [3.05, 3.63) is 57.0 Å². The van der Waals surface area contributed by atoms with Gasteiger partial charge in [0, 0.05) is 10.9 Å². The summed E-state index contributed by atoms with van der Waals surface area (Å²) in [5, 5.41) is 6.33. The van der Waals surface area contributed by atoms with E-state index in [9.17, 15) is 14.4 Å². The molecule has 0 unspecified atom stereocenters. The molecule has 0 saturated carbocycles. The second kappa shape index (κ2) is 8.28. The number of hydrogen-bond donors (Lipinski definition) is 0. The highest BCUT2D eigenvalue weighted by atomic mass is 32.1. The maximum atomic E-state index is 12.8. The fraction of sp³-hybridized carbons (Fsp3) is 0.250. The summed E-state index contributed by atoms with van der Waals surface area (Å²) >= 11 is 1.32. The van der Waals surface area contributed by atoms with Gasteiger partial charge in [-0.15, -0.1) is 11.3 Å². The molecule has 31 heavy (non-hydrogen) atoms. The third-order valence-electron chi connectivity index (χ3n) is 4.73. The molecule has 0 radical (unpaired) electrons. The molecule has 3 aromatic rings. The lowest BCUT2D eigenvalue weighted by Crippen LogP contribution is -2.39. The van der Waals surface area contributed by atoms with Crippen LogP contribution in [0.25, 0.3) is 16.2 Å². The van der Waals surface area contributed by atoms with Crippen molar-refractivity contribution < 1.29 is 23.8 Å². The zero-order valence-electron chi connectivity index (χ0n) is 16.9. The van der Waals surface area contributed by atoms with Crippen molar-refractivity contribution in [2.45, 2.75) is 6.92 Å². The van der Waals surface area contributed by atoms with Crippen molar-refractivity contribution in [2.75, 3.05) is 32.5 Å². The first-order chi connectivity index (χ1) is 15.0. The summed E-state index contributed by atoms with van der Waals surface area (Å²) in [5.41, 5.74) is 1.28. The number of hydrogen-bond acceptors (Lipinski definition) is 10. The Morgan fingerprint density at radius 1 is 1.16 bits per heavy atom. The van der Waals surface area contributed by atoms with Gasteiger partial charge >= 0.3 is 17.5 Å². The molecule has 0 bridgehead atoms. The zero-order chi connectivity index (χ0) is 22.1.